The summed E-state index contributed by atoms with van der Waals surface area (Å²) in [7, 11) is 0. The van der Waals surface area contributed by atoms with Crippen molar-refractivity contribution in [3.8, 4) is 5.75 Å². The van der Waals surface area contributed by atoms with E-state index in [9.17, 15) is 19.1 Å². The van der Waals surface area contributed by atoms with Gasteiger partial charge < -0.3 is 14.7 Å². The highest BCUT2D eigenvalue weighted by Crippen LogP contribution is 2.41. The molecule has 0 aliphatic carbocycles. The minimum atomic E-state index is -0.839. The van der Waals surface area contributed by atoms with E-state index in [2.05, 4.69) is 0 Å². The molecule has 2 atom stereocenters. The van der Waals surface area contributed by atoms with Gasteiger partial charge in [-0.15, -0.1) is 0 Å². The molecule has 1 N–H and O–H groups in total. The molecule has 2 aliphatic rings. The fourth-order valence-electron chi connectivity index (χ4n) is 4.54. The number of ether oxygens (including phenoxy) is 1. The van der Waals surface area contributed by atoms with Gasteiger partial charge in [-0.05, 0) is 53.9 Å². The number of Topliss-reactive ketones (excluding diaryl/α,β-unsaturated/α-hetero) is 1. The van der Waals surface area contributed by atoms with Crippen molar-refractivity contribution in [1.82, 2.24) is 4.90 Å². The largest absolute Gasteiger partial charge is 0.507 e. The van der Waals surface area contributed by atoms with E-state index >= 15 is 0 Å². The van der Waals surface area contributed by atoms with Crippen molar-refractivity contribution in [2.45, 2.75) is 32.0 Å². The van der Waals surface area contributed by atoms with Crippen molar-refractivity contribution in [2.24, 2.45) is 0 Å². The van der Waals surface area contributed by atoms with Crippen LogP contribution in [0, 0.1) is 5.82 Å². The number of fused-ring (bicyclic) bond motifs is 1. The highest BCUT2D eigenvalue weighted by atomic mass is 19.1. The van der Waals surface area contributed by atoms with Crippen molar-refractivity contribution in [3.05, 3.63) is 106 Å². The third-order valence-electron chi connectivity index (χ3n) is 6.09. The predicted octanol–water partition coefficient (Wildman–Crippen LogP) is 4.77. The van der Waals surface area contributed by atoms with Gasteiger partial charge in [-0.1, -0.05) is 42.5 Å². The lowest BCUT2D eigenvalue weighted by molar-refractivity contribution is -0.140. The van der Waals surface area contributed by atoms with Gasteiger partial charge in [0.15, 0.2) is 0 Å². The normalized spacial score (nSPS) is 21.2. The van der Waals surface area contributed by atoms with Gasteiger partial charge in [0.25, 0.3) is 11.7 Å². The van der Waals surface area contributed by atoms with Crippen LogP contribution in [0.4, 0.5) is 4.39 Å². The average Bonchev–Trinajstić information content (AvgIpc) is 3.31. The van der Waals surface area contributed by atoms with E-state index in [0.717, 1.165) is 16.9 Å². The number of hydrogen-bond donors (Lipinski definition) is 1. The van der Waals surface area contributed by atoms with Crippen LogP contribution in [0.5, 0.6) is 5.75 Å². The first-order valence-corrected chi connectivity index (χ1v) is 10.8. The molecule has 0 aromatic heterocycles. The van der Waals surface area contributed by atoms with Crippen LogP contribution < -0.4 is 4.74 Å². The molecule has 0 saturated carbocycles. The summed E-state index contributed by atoms with van der Waals surface area (Å²) in [5.41, 5.74) is 2.76. The van der Waals surface area contributed by atoms with E-state index in [0.29, 0.717) is 17.5 Å². The topological polar surface area (TPSA) is 66.8 Å². The second-order valence-corrected chi connectivity index (χ2v) is 8.42. The van der Waals surface area contributed by atoms with Gasteiger partial charge in [0.05, 0.1) is 11.6 Å². The summed E-state index contributed by atoms with van der Waals surface area (Å²) in [6, 6.07) is 19.3. The quantitative estimate of drug-likeness (QED) is 0.358. The molecule has 0 bridgehead atoms. The highest BCUT2D eigenvalue weighted by Gasteiger charge is 2.46. The summed E-state index contributed by atoms with van der Waals surface area (Å²) in [5.74, 6) is -1.39. The number of carbonyl (C=O) groups excluding carboxylic acids is 2. The summed E-state index contributed by atoms with van der Waals surface area (Å²) in [5, 5.41) is 11.2. The molecule has 2 aliphatic heterocycles. The zero-order valence-corrected chi connectivity index (χ0v) is 18.0. The Balaban J connectivity index is 1.62. The molecule has 33 heavy (non-hydrogen) atoms. The number of aliphatic hydroxyl groups excluding tert-OH is 1. The van der Waals surface area contributed by atoms with Gasteiger partial charge in [0.2, 0.25) is 0 Å². The Hall–Kier alpha value is -3.93. The van der Waals surface area contributed by atoms with Crippen molar-refractivity contribution in [3.63, 3.8) is 0 Å². The van der Waals surface area contributed by atoms with Gasteiger partial charge in [-0.25, -0.2) is 4.39 Å². The summed E-state index contributed by atoms with van der Waals surface area (Å²) in [6.07, 6.45) is 0.730. The molecule has 1 saturated heterocycles. The molecule has 5 rings (SSSR count). The number of carbonyl (C=O) groups is 2. The lowest BCUT2D eigenvalue weighted by atomic mass is 9.94. The molecule has 1 amide bonds. The molecule has 0 radical (unpaired) electrons. The van der Waals surface area contributed by atoms with E-state index in [1.54, 1.807) is 18.2 Å². The highest BCUT2D eigenvalue weighted by molar-refractivity contribution is 6.46. The number of hydrogen-bond acceptors (Lipinski definition) is 4. The van der Waals surface area contributed by atoms with Crippen LogP contribution in [0.15, 0.2) is 78.4 Å². The zero-order chi connectivity index (χ0) is 23.1. The van der Waals surface area contributed by atoms with Crippen molar-refractivity contribution >= 4 is 17.4 Å². The predicted molar refractivity (Wildman–Crippen MR) is 121 cm³/mol. The molecule has 1 fully saturated rings. The van der Waals surface area contributed by atoms with Crippen LogP contribution in [0.1, 0.15) is 35.2 Å². The van der Waals surface area contributed by atoms with E-state index in [-0.39, 0.29) is 24.0 Å². The van der Waals surface area contributed by atoms with E-state index < -0.39 is 23.5 Å². The first-order chi connectivity index (χ1) is 15.9. The van der Waals surface area contributed by atoms with E-state index in [4.69, 9.17) is 4.74 Å². The number of ketones is 1. The fourth-order valence-corrected chi connectivity index (χ4v) is 4.54. The third-order valence-corrected chi connectivity index (χ3v) is 6.09. The van der Waals surface area contributed by atoms with Crippen LogP contribution in [0.25, 0.3) is 5.76 Å². The molecule has 6 heteroatoms. The molecule has 3 aromatic rings. The smallest absolute Gasteiger partial charge is 0.295 e. The molecule has 166 valence electrons. The lowest BCUT2D eigenvalue weighted by Crippen LogP contribution is -2.29. The summed E-state index contributed by atoms with van der Waals surface area (Å²) in [4.78, 5) is 27.6. The number of halogens is 1. The Morgan fingerprint density at radius 3 is 2.52 bits per heavy atom. The van der Waals surface area contributed by atoms with Gasteiger partial charge in [-0.3, -0.25) is 9.59 Å². The van der Waals surface area contributed by atoms with E-state index in [1.807, 2.05) is 37.3 Å². The second-order valence-electron chi connectivity index (χ2n) is 8.42. The molecular formula is C27H22FNO4. The molecule has 2 heterocycles. The third kappa shape index (κ3) is 3.78. The lowest BCUT2D eigenvalue weighted by Gasteiger charge is -2.25. The fraction of sp³-hybridized carbons (Fsp3) is 0.185. The molecule has 3 aromatic carbocycles. The number of benzene rings is 3. The summed E-state index contributed by atoms with van der Waals surface area (Å²) >= 11 is 0. The summed E-state index contributed by atoms with van der Waals surface area (Å²) < 4.78 is 19.4. The van der Waals surface area contributed by atoms with Crippen molar-refractivity contribution in [2.75, 3.05) is 0 Å². The van der Waals surface area contributed by atoms with E-state index in [1.165, 1.54) is 29.2 Å². The Morgan fingerprint density at radius 1 is 1.06 bits per heavy atom. The first-order valence-electron chi connectivity index (χ1n) is 10.8. The van der Waals surface area contributed by atoms with Crippen LogP contribution >= 0.6 is 0 Å². The minimum Gasteiger partial charge on any atom is -0.507 e. The number of amides is 1. The standard InChI is InChI=1S/C27H22FNO4/c1-16-13-20-14-19(9-12-22(20)33-16)25(30)23-24(18-7-10-21(28)11-8-18)29(27(32)26(23)31)15-17-5-3-2-4-6-17/h2-12,14,16,24,30H,13,15H2,1H3/t16-,24+/m0/s1. The number of aliphatic hydroxyl groups is 1. The Kier molecular flexibility index (Phi) is 5.21. The monoisotopic (exact) mass is 443 g/mol. The Labute approximate surface area is 190 Å². The number of rotatable bonds is 4. The first kappa shape index (κ1) is 20.9. The SMILES string of the molecule is C[C@H]1Cc2cc(C(O)=C3C(=O)C(=O)N(Cc4ccccc4)[C@@H]3c3ccc(F)cc3)ccc2O1. The minimum absolute atomic E-state index is 0.00514. The zero-order valence-electron chi connectivity index (χ0n) is 18.0. The molecule has 5 nitrogen and oxygen atoms in total. The number of nitrogens with zero attached hydrogens (tertiary/aromatic N) is 1. The Morgan fingerprint density at radius 2 is 1.79 bits per heavy atom. The van der Waals surface area contributed by atoms with Crippen LogP contribution in [-0.4, -0.2) is 27.8 Å². The maximum absolute atomic E-state index is 13.6. The van der Waals surface area contributed by atoms with Gasteiger partial charge >= 0.3 is 0 Å². The Bertz CT molecular complexity index is 1270. The van der Waals surface area contributed by atoms with Gasteiger partial charge in [0.1, 0.15) is 23.4 Å². The van der Waals surface area contributed by atoms with Gasteiger partial charge in [0, 0.05) is 18.5 Å². The molecule has 0 unspecified atom stereocenters. The molecule has 0 spiro atoms. The maximum atomic E-state index is 13.6. The van der Waals surface area contributed by atoms with Crippen LogP contribution in [0.2, 0.25) is 0 Å². The van der Waals surface area contributed by atoms with Gasteiger partial charge in [-0.2, -0.15) is 0 Å². The second kappa shape index (κ2) is 8.20. The number of likely N-dealkylation sites (tertiary alicyclic amines) is 1. The molecular weight excluding hydrogens is 421 g/mol. The van der Waals surface area contributed by atoms with Crippen molar-refractivity contribution < 1.29 is 23.8 Å². The van der Waals surface area contributed by atoms with Crippen molar-refractivity contribution in [1.29, 1.82) is 0 Å². The van der Waals surface area contributed by atoms with Crippen LogP contribution in [-0.2, 0) is 22.6 Å². The van der Waals surface area contributed by atoms with Crippen LogP contribution in [0.3, 0.4) is 0 Å². The summed E-state index contributed by atoms with van der Waals surface area (Å²) in [6.45, 7) is 2.14. The maximum Gasteiger partial charge on any atom is 0.295 e. The average molecular weight is 443 g/mol.